The lowest BCUT2D eigenvalue weighted by atomic mass is 9.81. The maximum atomic E-state index is 13.9. The second-order valence-electron chi connectivity index (χ2n) is 9.05. The molecule has 5 rings (SSSR count). The van der Waals surface area contributed by atoms with Crippen molar-refractivity contribution in [2.24, 2.45) is 11.8 Å². The summed E-state index contributed by atoms with van der Waals surface area (Å²) in [5, 5.41) is 10.4. The smallest absolute Gasteiger partial charge is 0.249 e. The Bertz CT molecular complexity index is 1260. The Hall–Kier alpha value is -3.38. The summed E-state index contributed by atoms with van der Waals surface area (Å²) in [7, 11) is 0. The predicted molar refractivity (Wildman–Crippen MR) is 116 cm³/mol. The van der Waals surface area contributed by atoms with Crippen LogP contribution in [0.4, 0.5) is 13.2 Å². The molecule has 34 heavy (non-hydrogen) atoms. The highest BCUT2D eigenvalue weighted by Gasteiger charge is 2.37. The molecule has 2 aliphatic rings. The molecular weight excluding hydrogens is 445 g/mol. The van der Waals surface area contributed by atoms with Gasteiger partial charge in [-0.05, 0) is 55.4 Å². The molecule has 0 N–H and O–H groups in total. The molecule has 1 aliphatic carbocycles. The summed E-state index contributed by atoms with van der Waals surface area (Å²) >= 11 is 0. The molecule has 176 valence electrons. The van der Waals surface area contributed by atoms with Crippen molar-refractivity contribution < 1.29 is 22.8 Å². The topological polar surface area (TPSA) is 71.2 Å². The quantitative estimate of drug-likeness (QED) is 0.538. The Labute approximate surface area is 194 Å². The number of imidazole rings is 1. The minimum absolute atomic E-state index is 0.0121. The second kappa shape index (κ2) is 9.11. The summed E-state index contributed by atoms with van der Waals surface area (Å²) in [6.07, 6.45) is 5.13. The molecule has 0 spiro atoms. The summed E-state index contributed by atoms with van der Waals surface area (Å²) < 4.78 is 43.2. The molecular formula is C25H23F3N4O2. The van der Waals surface area contributed by atoms with E-state index in [1.807, 2.05) is 10.6 Å². The zero-order chi connectivity index (χ0) is 23.8. The summed E-state index contributed by atoms with van der Waals surface area (Å²) in [4.78, 5) is 23.0. The van der Waals surface area contributed by atoms with E-state index in [4.69, 9.17) is 10.1 Å². The minimum atomic E-state index is -0.675. The average molecular weight is 468 g/mol. The molecule has 1 amide bonds. The normalized spacial score (nSPS) is 22.8. The highest BCUT2D eigenvalue weighted by molar-refractivity contribution is 5.79. The van der Waals surface area contributed by atoms with Crippen molar-refractivity contribution in [3.05, 3.63) is 65.2 Å². The Kier molecular flexibility index (Phi) is 6.00. The van der Waals surface area contributed by atoms with Gasteiger partial charge >= 0.3 is 0 Å². The molecule has 1 saturated heterocycles. The lowest BCUT2D eigenvalue weighted by molar-refractivity contribution is -0.183. The Balaban J connectivity index is 1.23. The number of fused-ring (bicyclic) bond motifs is 1. The first-order valence-electron chi connectivity index (χ1n) is 11.4. The van der Waals surface area contributed by atoms with Crippen molar-refractivity contribution in [3.8, 4) is 6.07 Å². The van der Waals surface area contributed by atoms with Gasteiger partial charge in [-0.3, -0.25) is 9.63 Å². The summed E-state index contributed by atoms with van der Waals surface area (Å²) in [6.45, 7) is 0.988. The van der Waals surface area contributed by atoms with E-state index in [9.17, 15) is 18.0 Å². The standard InChI is InChI=1S/C25H23F3N4O2/c26-19-7-17(8-20(27)10-19)23-5-6-34-32(23)25(33)16-3-1-15(2-4-16)13-31-14-30-22-11-21(28)18(12-29)9-24(22)31/h7-11,14-16,23H,1-6,13H2/t15?,16?,23-/m0/s1. The molecule has 0 unspecified atom stereocenters. The SMILES string of the molecule is N#Cc1cc2c(cc1F)ncn2CC1CCC(C(=O)N2OCC[C@H]2c2cc(F)cc(F)c2)CC1. The van der Waals surface area contributed by atoms with E-state index in [1.54, 1.807) is 6.33 Å². The van der Waals surface area contributed by atoms with Gasteiger partial charge in [0.15, 0.2) is 0 Å². The number of hydrogen-bond acceptors (Lipinski definition) is 4. The maximum Gasteiger partial charge on any atom is 0.249 e. The van der Waals surface area contributed by atoms with E-state index < -0.39 is 23.5 Å². The van der Waals surface area contributed by atoms with Crippen LogP contribution < -0.4 is 0 Å². The van der Waals surface area contributed by atoms with Crippen LogP contribution in [0.1, 0.15) is 49.3 Å². The molecule has 0 bridgehead atoms. The van der Waals surface area contributed by atoms with Crippen LogP contribution >= 0.6 is 0 Å². The fraction of sp³-hybridized carbons (Fsp3) is 0.400. The number of benzene rings is 2. The number of halogens is 3. The molecule has 1 saturated carbocycles. The predicted octanol–water partition coefficient (Wildman–Crippen LogP) is 5.04. The highest BCUT2D eigenvalue weighted by atomic mass is 19.1. The average Bonchev–Trinajstić information content (AvgIpc) is 3.45. The van der Waals surface area contributed by atoms with Crippen LogP contribution in [0.25, 0.3) is 11.0 Å². The van der Waals surface area contributed by atoms with Gasteiger partial charge in [-0.1, -0.05) is 0 Å². The minimum Gasteiger partial charge on any atom is -0.330 e. The summed E-state index contributed by atoms with van der Waals surface area (Å²) in [6, 6.07) is 7.47. The highest BCUT2D eigenvalue weighted by Crippen LogP contribution is 2.37. The molecule has 2 fully saturated rings. The Morgan fingerprint density at radius 2 is 1.79 bits per heavy atom. The number of nitriles is 1. The molecule has 0 radical (unpaired) electrons. The van der Waals surface area contributed by atoms with E-state index in [0.29, 0.717) is 54.9 Å². The third-order valence-electron chi connectivity index (χ3n) is 6.87. The van der Waals surface area contributed by atoms with Crippen molar-refractivity contribution in [2.75, 3.05) is 6.61 Å². The van der Waals surface area contributed by atoms with Crippen LogP contribution in [0.5, 0.6) is 0 Å². The number of aromatic nitrogens is 2. The molecule has 3 aromatic rings. The van der Waals surface area contributed by atoms with Crippen molar-refractivity contribution >= 4 is 16.9 Å². The van der Waals surface area contributed by atoms with Gasteiger partial charge in [-0.2, -0.15) is 5.26 Å². The number of hydrogen-bond donors (Lipinski definition) is 0. The van der Waals surface area contributed by atoms with Gasteiger partial charge in [0.25, 0.3) is 0 Å². The van der Waals surface area contributed by atoms with Gasteiger partial charge in [-0.15, -0.1) is 0 Å². The number of rotatable bonds is 4. The Morgan fingerprint density at radius 3 is 2.50 bits per heavy atom. The van der Waals surface area contributed by atoms with E-state index >= 15 is 0 Å². The van der Waals surface area contributed by atoms with E-state index in [1.165, 1.54) is 29.3 Å². The second-order valence-corrected chi connectivity index (χ2v) is 9.05. The summed E-state index contributed by atoms with van der Waals surface area (Å²) in [5.74, 6) is -1.98. The first kappa shape index (κ1) is 22.4. The van der Waals surface area contributed by atoms with Gasteiger partial charge in [0, 0.05) is 31.0 Å². The van der Waals surface area contributed by atoms with Crippen molar-refractivity contribution in [2.45, 2.75) is 44.7 Å². The third-order valence-corrected chi connectivity index (χ3v) is 6.87. The lowest BCUT2D eigenvalue weighted by Crippen LogP contribution is -2.37. The van der Waals surface area contributed by atoms with Crippen LogP contribution in [0, 0.1) is 40.6 Å². The Morgan fingerprint density at radius 1 is 1.06 bits per heavy atom. The molecule has 9 heteroatoms. The van der Waals surface area contributed by atoms with Crippen LogP contribution in [0.15, 0.2) is 36.7 Å². The van der Waals surface area contributed by atoms with Gasteiger partial charge in [0.05, 0.1) is 35.6 Å². The fourth-order valence-corrected chi connectivity index (χ4v) is 5.12. The van der Waals surface area contributed by atoms with Crippen LogP contribution in [-0.4, -0.2) is 27.1 Å². The lowest BCUT2D eigenvalue weighted by Gasteiger charge is -2.32. The van der Waals surface area contributed by atoms with Crippen LogP contribution in [0.2, 0.25) is 0 Å². The van der Waals surface area contributed by atoms with E-state index in [2.05, 4.69) is 4.98 Å². The number of hydroxylamine groups is 2. The molecule has 1 aromatic heterocycles. The monoisotopic (exact) mass is 468 g/mol. The van der Waals surface area contributed by atoms with Crippen molar-refractivity contribution in [1.82, 2.24) is 14.6 Å². The van der Waals surface area contributed by atoms with E-state index in [-0.39, 0.29) is 17.4 Å². The largest absolute Gasteiger partial charge is 0.330 e. The molecule has 6 nitrogen and oxygen atoms in total. The fourth-order valence-electron chi connectivity index (χ4n) is 5.12. The maximum absolute atomic E-state index is 13.9. The number of carbonyl (C=O) groups excluding carboxylic acids is 1. The summed E-state index contributed by atoms with van der Waals surface area (Å²) in [5.41, 5.74) is 1.61. The first-order chi connectivity index (χ1) is 16.4. The molecule has 1 atom stereocenters. The molecule has 2 aromatic carbocycles. The molecule has 1 aliphatic heterocycles. The zero-order valence-electron chi connectivity index (χ0n) is 18.4. The van der Waals surface area contributed by atoms with Crippen molar-refractivity contribution in [3.63, 3.8) is 0 Å². The zero-order valence-corrected chi connectivity index (χ0v) is 18.4. The number of amides is 1. The van der Waals surface area contributed by atoms with Crippen molar-refractivity contribution in [1.29, 1.82) is 5.26 Å². The van der Waals surface area contributed by atoms with Gasteiger partial charge in [0.2, 0.25) is 5.91 Å². The number of carbonyl (C=O) groups is 1. The number of nitrogens with zero attached hydrogens (tertiary/aromatic N) is 4. The molecule has 2 heterocycles. The van der Waals surface area contributed by atoms with Gasteiger partial charge in [-0.25, -0.2) is 23.2 Å². The van der Waals surface area contributed by atoms with Crippen LogP contribution in [-0.2, 0) is 16.2 Å². The van der Waals surface area contributed by atoms with Gasteiger partial charge in [0.1, 0.15) is 23.5 Å². The van der Waals surface area contributed by atoms with Crippen LogP contribution in [0.3, 0.4) is 0 Å². The first-order valence-corrected chi connectivity index (χ1v) is 11.4. The van der Waals surface area contributed by atoms with Gasteiger partial charge < -0.3 is 4.57 Å². The third kappa shape index (κ3) is 4.26. The van der Waals surface area contributed by atoms with E-state index in [0.717, 1.165) is 18.9 Å².